The number of anilines is 1. The molecule has 0 aliphatic carbocycles. The SMILES string of the molecule is O=C(O)CCNC(=O)Nc1cc2c(c(-c3cc4ccccc4s3)c1)CN=C2. The molecule has 0 fully saturated rings. The van der Waals surface area contributed by atoms with Gasteiger partial charge < -0.3 is 15.7 Å². The first kappa shape index (κ1) is 17.2. The number of hydrogen-bond donors (Lipinski definition) is 3. The third-order valence-corrected chi connectivity index (χ3v) is 5.49. The molecule has 3 N–H and O–H groups in total. The first-order valence-corrected chi connectivity index (χ1v) is 9.34. The number of benzene rings is 2. The maximum atomic E-state index is 12.0. The number of carboxylic acid groups (broad SMARTS) is 1. The monoisotopic (exact) mass is 379 g/mol. The Morgan fingerprint density at radius 2 is 2.04 bits per heavy atom. The summed E-state index contributed by atoms with van der Waals surface area (Å²) in [4.78, 5) is 28.1. The van der Waals surface area contributed by atoms with Crippen LogP contribution in [0.5, 0.6) is 0 Å². The number of nitrogens with one attached hydrogen (secondary N) is 2. The van der Waals surface area contributed by atoms with Crippen LogP contribution >= 0.6 is 11.3 Å². The lowest BCUT2D eigenvalue weighted by atomic mass is 10.0. The maximum Gasteiger partial charge on any atom is 0.319 e. The molecule has 6 nitrogen and oxygen atoms in total. The molecule has 0 saturated heterocycles. The number of urea groups is 1. The van der Waals surface area contributed by atoms with Gasteiger partial charge in [0.15, 0.2) is 0 Å². The molecule has 1 aliphatic rings. The summed E-state index contributed by atoms with van der Waals surface area (Å²) in [5.41, 5.74) is 3.86. The van der Waals surface area contributed by atoms with E-state index in [1.807, 2.05) is 30.5 Å². The van der Waals surface area contributed by atoms with Crippen molar-refractivity contribution in [2.45, 2.75) is 13.0 Å². The number of aliphatic carboxylic acids is 1. The number of rotatable bonds is 5. The van der Waals surface area contributed by atoms with Gasteiger partial charge >= 0.3 is 12.0 Å². The quantitative estimate of drug-likeness (QED) is 0.623. The molecule has 0 saturated carbocycles. The highest BCUT2D eigenvalue weighted by Gasteiger charge is 2.17. The van der Waals surface area contributed by atoms with E-state index >= 15 is 0 Å². The molecule has 4 rings (SSSR count). The van der Waals surface area contributed by atoms with Crippen molar-refractivity contribution in [2.75, 3.05) is 11.9 Å². The number of carbonyl (C=O) groups excluding carboxylic acids is 1. The Kier molecular flexibility index (Phi) is 4.60. The molecule has 136 valence electrons. The fourth-order valence-electron chi connectivity index (χ4n) is 3.09. The van der Waals surface area contributed by atoms with Crippen molar-refractivity contribution in [1.82, 2.24) is 5.32 Å². The third-order valence-electron chi connectivity index (χ3n) is 4.34. The van der Waals surface area contributed by atoms with Crippen molar-refractivity contribution in [3.8, 4) is 10.4 Å². The van der Waals surface area contributed by atoms with Gasteiger partial charge in [-0.25, -0.2) is 4.79 Å². The van der Waals surface area contributed by atoms with Crippen LogP contribution in [0, 0.1) is 0 Å². The van der Waals surface area contributed by atoms with Gasteiger partial charge in [-0.1, -0.05) is 18.2 Å². The first-order valence-electron chi connectivity index (χ1n) is 8.52. The second kappa shape index (κ2) is 7.20. The zero-order valence-corrected chi connectivity index (χ0v) is 15.2. The second-order valence-corrected chi connectivity index (χ2v) is 7.32. The van der Waals surface area contributed by atoms with E-state index in [2.05, 4.69) is 33.8 Å². The van der Waals surface area contributed by atoms with Gasteiger partial charge in [0.05, 0.1) is 13.0 Å². The van der Waals surface area contributed by atoms with E-state index in [0.717, 1.165) is 21.6 Å². The van der Waals surface area contributed by atoms with Crippen molar-refractivity contribution in [3.05, 3.63) is 53.6 Å². The summed E-state index contributed by atoms with van der Waals surface area (Å²) in [5, 5.41) is 15.2. The van der Waals surface area contributed by atoms with Crippen LogP contribution in [-0.4, -0.2) is 29.9 Å². The standard InChI is InChI=1S/C20H17N3O3S/c24-19(25)5-6-22-20(26)23-14-7-13-10-21-11-16(13)15(9-14)18-8-12-3-1-2-4-17(12)27-18/h1-4,7-10H,5-6,11H2,(H,24,25)(H2,22,23,26). The fourth-order valence-corrected chi connectivity index (χ4v) is 4.19. The second-order valence-electron chi connectivity index (χ2n) is 6.23. The van der Waals surface area contributed by atoms with Crippen LogP contribution < -0.4 is 10.6 Å². The molecule has 2 heterocycles. The van der Waals surface area contributed by atoms with Gasteiger partial charge in [0.1, 0.15) is 0 Å². The molecule has 0 radical (unpaired) electrons. The summed E-state index contributed by atoms with van der Waals surface area (Å²) in [6.07, 6.45) is 1.71. The zero-order valence-electron chi connectivity index (χ0n) is 14.4. The Balaban J connectivity index is 1.63. The Morgan fingerprint density at radius 1 is 1.19 bits per heavy atom. The van der Waals surface area contributed by atoms with E-state index in [9.17, 15) is 9.59 Å². The molecule has 1 aromatic heterocycles. The third kappa shape index (κ3) is 3.68. The first-order chi connectivity index (χ1) is 13.1. The smallest absolute Gasteiger partial charge is 0.319 e. The lowest BCUT2D eigenvalue weighted by Crippen LogP contribution is -2.30. The topological polar surface area (TPSA) is 90.8 Å². The van der Waals surface area contributed by atoms with Gasteiger partial charge in [-0.2, -0.15) is 0 Å². The van der Waals surface area contributed by atoms with E-state index < -0.39 is 12.0 Å². The van der Waals surface area contributed by atoms with Gasteiger partial charge in [0.25, 0.3) is 0 Å². The molecule has 3 aromatic rings. The molecule has 0 atom stereocenters. The van der Waals surface area contributed by atoms with Crippen LogP contribution in [0.15, 0.2) is 47.5 Å². The highest BCUT2D eigenvalue weighted by molar-refractivity contribution is 7.22. The van der Waals surface area contributed by atoms with E-state index in [1.54, 1.807) is 11.3 Å². The van der Waals surface area contributed by atoms with Crippen molar-refractivity contribution in [3.63, 3.8) is 0 Å². The number of aliphatic imine (C=N–C) groups is 1. The number of nitrogens with zero attached hydrogens (tertiary/aromatic N) is 1. The predicted octanol–water partition coefficient (Wildman–Crippen LogP) is 4.10. The van der Waals surface area contributed by atoms with Gasteiger partial charge in [0.2, 0.25) is 0 Å². The van der Waals surface area contributed by atoms with Crippen molar-refractivity contribution in [1.29, 1.82) is 0 Å². The molecule has 2 amide bonds. The van der Waals surface area contributed by atoms with E-state index in [-0.39, 0.29) is 13.0 Å². The highest BCUT2D eigenvalue weighted by Crippen LogP contribution is 2.38. The van der Waals surface area contributed by atoms with Crippen LogP contribution in [-0.2, 0) is 11.3 Å². The van der Waals surface area contributed by atoms with Crippen LogP contribution in [0.4, 0.5) is 10.5 Å². The fraction of sp³-hybridized carbons (Fsp3) is 0.150. The molecule has 7 heteroatoms. The van der Waals surface area contributed by atoms with Crippen molar-refractivity contribution < 1.29 is 14.7 Å². The van der Waals surface area contributed by atoms with Crippen LogP contribution in [0.2, 0.25) is 0 Å². The minimum atomic E-state index is -0.948. The summed E-state index contributed by atoms with van der Waals surface area (Å²) < 4.78 is 1.21. The van der Waals surface area contributed by atoms with Gasteiger partial charge in [0, 0.05) is 33.6 Å². The minimum Gasteiger partial charge on any atom is -0.481 e. The van der Waals surface area contributed by atoms with Gasteiger partial charge in [-0.05, 0) is 40.8 Å². The molecule has 0 unspecified atom stereocenters. The van der Waals surface area contributed by atoms with Crippen LogP contribution in [0.3, 0.4) is 0 Å². The highest BCUT2D eigenvalue weighted by atomic mass is 32.1. The number of carboxylic acids is 1. The molecule has 0 bridgehead atoms. The summed E-state index contributed by atoms with van der Waals surface area (Å²) in [5.74, 6) is -0.948. The van der Waals surface area contributed by atoms with E-state index in [0.29, 0.717) is 12.2 Å². The summed E-state index contributed by atoms with van der Waals surface area (Å²) in [6.45, 7) is 0.709. The molecule has 27 heavy (non-hydrogen) atoms. The van der Waals surface area contributed by atoms with Crippen molar-refractivity contribution >= 4 is 45.3 Å². The number of fused-ring (bicyclic) bond motifs is 2. The van der Waals surface area contributed by atoms with Gasteiger partial charge in [-0.15, -0.1) is 11.3 Å². The number of amides is 2. The van der Waals surface area contributed by atoms with Crippen molar-refractivity contribution in [2.24, 2.45) is 4.99 Å². The predicted molar refractivity (Wildman–Crippen MR) is 108 cm³/mol. The largest absolute Gasteiger partial charge is 0.481 e. The Labute approximate surface area is 159 Å². The Morgan fingerprint density at radius 3 is 2.85 bits per heavy atom. The summed E-state index contributed by atoms with van der Waals surface area (Å²) in [7, 11) is 0. The molecular weight excluding hydrogens is 362 g/mol. The van der Waals surface area contributed by atoms with Gasteiger partial charge in [-0.3, -0.25) is 9.79 Å². The van der Waals surface area contributed by atoms with E-state index in [1.165, 1.54) is 10.1 Å². The lowest BCUT2D eigenvalue weighted by Gasteiger charge is -2.12. The summed E-state index contributed by atoms with van der Waals surface area (Å²) in [6, 6.07) is 13.8. The number of hydrogen-bond acceptors (Lipinski definition) is 4. The average Bonchev–Trinajstić information content (AvgIpc) is 3.27. The average molecular weight is 379 g/mol. The molecular formula is C20H17N3O3S. The lowest BCUT2D eigenvalue weighted by molar-refractivity contribution is -0.136. The number of carbonyl (C=O) groups is 2. The zero-order chi connectivity index (χ0) is 18.8. The minimum absolute atomic E-state index is 0.0801. The Bertz CT molecular complexity index is 1040. The Hall–Kier alpha value is -3.19. The molecule has 1 aliphatic heterocycles. The maximum absolute atomic E-state index is 12.0. The van der Waals surface area contributed by atoms with Crippen LogP contribution in [0.1, 0.15) is 17.5 Å². The van der Waals surface area contributed by atoms with E-state index in [4.69, 9.17) is 5.11 Å². The van der Waals surface area contributed by atoms with Crippen LogP contribution in [0.25, 0.3) is 20.5 Å². The molecule has 2 aromatic carbocycles. The normalized spacial score (nSPS) is 12.1. The summed E-state index contributed by atoms with van der Waals surface area (Å²) >= 11 is 1.71. The number of thiophene rings is 1. The molecule has 0 spiro atoms.